The smallest absolute Gasteiger partial charge is 0.220 e. The first-order valence-electron chi connectivity index (χ1n) is 12.1. The van der Waals surface area contributed by atoms with Crippen molar-refractivity contribution in [3.63, 3.8) is 0 Å². The average Bonchev–Trinajstić information content (AvgIpc) is 3.49. The third kappa shape index (κ3) is 5.98. The second-order valence-electron chi connectivity index (χ2n) is 9.12. The van der Waals surface area contributed by atoms with Crippen LogP contribution < -0.4 is 5.32 Å². The molecule has 1 atom stereocenters. The van der Waals surface area contributed by atoms with Crippen LogP contribution in [0.2, 0.25) is 0 Å². The Morgan fingerprint density at radius 2 is 1.94 bits per heavy atom. The van der Waals surface area contributed by atoms with E-state index in [1.807, 2.05) is 12.1 Å². The van der Waals surface area contributed by atoms with Crippen molar-refractivity contribution in [3.05, 3.63) is 48.2 Å². The molecule has 5 heteroatoms. The number of piperidine rings is 1. The van der Waals surface area contributed by atoms with E-state index in [1.54, 1.807) is 6.26 Å². The maximum absolute atomic E-state index is 12.3. The molecule has 0 aliphatic carbocycles. The summed E-state index contributed by atoms with van der Waals surface area (Å²) >= 11 is 0. The molecule has 2 aromatic rings. The summed E-state index contributed by atoms with van der Waals surface area (Å²) in [6.45, 7) is 8.47. The lowest BCUT2D eigenvalue weighted by Gasteiger charge is -2.32. The molecule has 31 heavy (non-hydrogen) atoms. The first kappa shape index (κ1) is 22.1. The molecule has 1 aromatic carbocycles. The third-order valence-electron chi connectivity index (χ3n) is 7.12. The summed E-state index contributed by atoms with van der Waals surface area (Å²) < 4.78 is 5.63. The Labute approximate surface area is 186 Å². The lowest BCUT2D eigenvalue weighted by Crippen LogP contribution is -2.40. The van der Waals surface area contributed by atoms with Crippen LogP contribution in [0.5, 0.6) is 0 Å². The number of hydrogen-bond acceptors (Lipinski definition) is 4. The molecule has 2 saturated heterocycles. The van der Waals surface area contributed by atoms with Gasteiger partial charge in [-0.3, -0.25) is 14.6 Å². The van der Waals surface area contributed by atoms with Gasteiger partial charge < -0.3 is 9.73 Å². The molecule has 0 radical (unpaired) electrons. The summed E-state index contributed by atoms with van der Waals surface area (Å²) in [6, 6.07) is 13.1. The molecule has 0 bridgehead atoms. The molecule has 4 rings (SSSR count). The second kappa shape index (κ2) is 11.0. The summed E-state index contributed by atoms with van der Waals surface area (Å²) in [5.41, 5.74) is 2.51. The van der Waals surface area contributed by atoms with Gasteiger partial charge in [0, 0.05) is 31.1 Å². The molecule has 168 valence electrons. The van der Waals surface area contributed by atoms with Crippen molar-refractivity contribution in [2.75, 3.05) is 32.7 Å². The van der Waals surface area contributed by atoms with Gasteiger partial charge in [0.2, 0.25) is 5.91 Å². The van der Waals surface area contributed by atoms with Crippen LogP contribution in [0.1, 0.15) is 51.0 Å². The summed E-state index contributed by atoms with van der Waals surface area (Å²) in [5.74, 6) is 1.84. The number of rotatable bonds is 9. The molecule has 0 saturated carbocycles. The Hall–Kier alpha value is -2.11. The zero-order valence-electron chi connectivity index (χ0n) is 18.9. The van der Waals surface area contributed by atoms with Crippen molar-refractivity contribution in [2.24, 2.45) is 5.92 Å². The minimum atomic E-state index is 0.234. The van der Waals surface area contributed by atoms with Gasteiger partial charge in [0.05, 0.1) is 6.26 Å². The maximum Gasteiger partial charge on any atom is 0.220 e. The summed E-state index contributed by atoms with van der Waals surface area (Å²) in [7, 11) is 0. The van der Waals surface area contributed by atoms with Crippen molar-refractivity contribution >= 4 is 5.91 Å². The van der Waals surface area contributed by atoms with Gasteiger partial charge in [0.25, 0.3) is 0 Å². The maximum atomic E-state index is 12.3. The first-order valence-corrected chi connectivity index (χ1v) is 12.1. The number of nitrogens with one attached hydrogen (secondary N) is 1. The number of furan rings is 1. The van der Waals surface area contributed by atoms with Gasteiger partial charge in [0.15, 0.2) is 0 Å². The lowest BCUT2D eigenvalue weighted by atomic mass is 9.91. The fourth-order valence-corrected chi connectivity index (χ4v) is 5.20. The predicted octanol–water partition coefficient (Wildman–Crippen LogP) is 4.54. The number of carbonyl (C=O) groups excluding carboxylic acids is 1. The predicted molar refractivity (Wildman–Crippen MR) is 125 cm³/mol. The molecule has 0 spiro atoms. The van der Waals surface area contributed by atoms with E-state index in [1.165, 1.54) is 43.4 Å². The van der Waals surface area contributed by atoms with E-state index in [2.05, 4.69) is 46.3 Å². The van der Waals surface area contributed by atoms with Crippen molar-refractivity contribution in [1.29, 1.82) is 0 Å². The number of amides is 1. The van der Waals surface area contributed by atoms with Crippen LogP contribution in [0.25, 0.3) is 11.3 Å². The van der Waals surface area contributed by atoms with Gasteiger partial charge in [-0.25, -0.2) is 0 Å². The molecule has 5 nitrogen and oxygen atoms in total. The van der Waals surface area contributed by atoms with E-state index >= 15 is 0 Å². The molecule has 1 N–H and O–H groups in total. The largest absolute Gasteiger partial charge is 0.464 e. The van der Waals surface area contributed by atoms with Crippen molar-refractivity contribution in [3.8, 4) is 11.3 Å². The van der Waals surface area contributed by atoms with Crippen molar-refractivity contribution < 1.29 is 9.21 Å². The number of nitrogens with zero attached hydrogens (tertiary/aromatic N) is 2. The summed E-state index contributed by atoms with van der Waals surface area (Å²) in [6.07, 6.45) is 8.27. The van der Waals surface area contributed by atoms with Crippen molar-refractivity contribution in [2.45, 2.75) is 58.0 Å². The highest BCUT2D eigenvalue weighted by Gasteiger charge is 2.24. The standard InChI is InChI=1S/C26H37N3O2/c1-2-29-15-5-8-23(29)19-27-26(30)12-11-21-13-16-28(17-14-21)20-22-7-3-4-9-24(22)25-10-6-18-31-25/h3-4,6-7,9-10,18,21,23H,2,5,8,11-17,19-20H2,1H3,(H,27,30). The highest BCUT2D eigenvalue weighted by Crippen LogP contribution is 2.28. The highest BCUT2D eigenvalue weighted by atomic mass is 16.3. The monoisotopic (exact) mass is 423 g/mol. The molecule has 2 aliphatic rings. The van der Waals surface area contributed by atoms with Gasteiger partial charge >= 0.3 is 0 Å². The van der Waals surface area contributed by atoms with E-state index in [4.69, 9.17) is 4.42 Å². The number of likely N-dealkylation sites (tertiary alicyclic amines) is 2. The van der Waals surface area contributed by atoms with Gasteiger partial charge in [-0.05, 0) is 81.9 Å². The Balaban J connectivity index is 1.17. The molecule has 3 heterocycles. The van der Waals surface area contributed by atoms with Crippen LogP contribution in [0.15, 0.2) is 47.1 Å². The second-order valence-corrected chi connectivity index (χ2v) is 9.12. The van der Waals surface area contributed by atoms with E-state index in [0.717, 1.165) is 44.9 Å². The number of benzene rings is 1. The minimum absolute atomic E-state index is 0.234. The first-order chi connectivity index (χ1) is 15.2. The molecule has 2 aliphatic heterocycles. The molecule has 1 amide bonds. The fourth-order valence-electron chi connectivity index (χ4n) is 5.20. The topological polar surface area (TPSA) is 48.7 Å². The van der Waals surface area contributed by atoms with Crippen LogP contribution in [-0.4, -0.2) is 54.5 Å². The third-order valence-corrected chi connectivity index (χ3v) is 7.12. The minimum Gasteiger partial charge on any atom is -0.464 e. The zero-order chi connectivity index (χ0) is 21.5. The highest BCUT2D eigenvalue weighted by molar-refractivity contribution is 5.75. The van der Waals surface area contributed by atoms with E-state index in [0.29, 0.717) is 18.4 Å². The van der Waals surface area contributed by atoms with Crippen LogP contribution in [0.4, 0.5) is 0 Å². The van der Waals surface area contributed by atoms with Gasteiger partial charge in [0.1, 0.15) is 5.76 Å². The average molecular weight is 424 g/mol. The van der Waals surface area contributed by atoms with E-state index in [-0.39, 0.29) is 5.91 Å². The SMILES string of the molecule is CCN1CCCC1CNC(=O)CCC1CCN(Cc2ccccc2-c2ccco2)CC1. The van der Waals surface area contributed by atoms with Gasteiger partial charge in [-0.15, -0.1) is 0 Å². The summed E-state index contributed by atoms with van der Waals surface area (Å²) in [5, 5.41) is 3.19. The Morgan fingerprint density at radius 3 is 2.71 bits per heavy atom. The molecule has 1 unspecified atom stereocenters. The zero-order valence-corrected chi connectivity index (χ0v) is 18.9. The molecular formula is C26H37N3O2. The van der Waals surface area contributed by atoms with E-state index in [9.17, 15) is 4.79 Å². The normalized spacial score (nSPS) is 20.9. The van der Waals surface area contributed by atoms with Crippen LogP contribution in [-0.2, 0) is 11.3 Å². The van der Waals surface area contributed by atoms with Gasteiger partial charge in [-0.1, -0.05) is 31.2 Å². The fraction of sp³-hybridized carbons (Fsp3) is 0.577. The van der Waals surface area contributed by atoms with Crippen LogP contribution in [0, 0.1) is 5.92 Å². The Bertz CT molecular complexity index is 812. The Morgan fingerprint density at radius 1 is 1.10 bits per heavy atom. The molecule has 2 fully saturated rings. The molecular weight excluding hydrogens is 386 g/mol. The number of likely N-dealkylation sites (N-methyl/N-ethyl adjacent to an activating group) is 1. The van der Waals surface area contributed by atoms with Crippen LogP contribution >= 0.6 is 0 Å². The van der Waals surface area contributed by atoms with E-state index < -0.39 is 0 Å². The summed E-state index contributed by atoms with van der Waals surface area (Å²) in [4.78, 5) is 17.4. The number of carbonyl (C=O) groups is 1. The molecule has 1 aromatic heterocycles. The van der Waals surface area contributed by atoms with Crippen molar-refractivity contribution in [1.82, 2.24) is 15.1 Å². The number of hydrogen-bond donors (Lipinski definition) is 1. The quantitative estimate of drug-likeness (QED) is 0.643. The van der Waals surface area contributed by atoms with Gasteiger partial charge in [-0.2, -0.15) is 0 Å². The Kier molecular flexibility index (Phi) is 7.81. The van der Waals surface area contributed by atoms with Crippen LogP contribution in [0.3, 0.4) is 0 Å². The lowest BCUT2D eigenvalue weighted by molar-refractivity contribution is -0.121.